The van der Waals surface area contributed by atoms with E-state index >= 15 is 0 Å². The summed E-state index contributed by atoms with van der Waals surface area (Å²) < 4.78 is 15.5. The topological polar surface area (TPSA) is 84.2 Å². The van der Waals surface area contributed by atoms with Gasteiger partial charge < -0.3 is 15.0 Å². The second-order valence-corrected chi connectivity index (χ2v) is 5.59. The van der Waals surface area contributed by atoms with Gasteiger partial charge in [0.15, 0.2) is 5.82 Å². The van der Waals surface area contributed by atoms with Crippen LogP contribution in [0.2, 0.25) is 0 Å². The van der Waals surface area contributed by atoms with Gasteiger partial charge in [-0.15, -0.1) is 0 Å². The zero-order chi connectivity index (χ0) is 18.0. The minimum atomic E-state index is -1.09. The number of carbonyl (C=O) groups excluding carboxylic acids is 1. The van der Waals surface area contributed by atoms with E-state index in [-0.39, 0.29) is 22.9 Å². The van der Waals surface area contributed by atoms with Crippen LogP contribution in [-0.2, 0) is 13.5 Å². The number of aryl methyl sites for hydroxylation is 1. The van der Waals surface area contributed by atoms with Crippen molar-refractivity contribution in [2.45, 2.75) is 6.42 Å². The Labute approximate surface area is 142 Å². The lowest BCUT2D eigenvalue weighted by molar-refractivity contribution is 0.0697. The summed E-state index contributed by atoms with van der Waals surface area (Å²) in [6.07, 6.45) is 0.426. The van der Waals surface area contributed by atoms with Gasteiger partial charge in [-0.3, -0.25) is 4.79 Å². The third kappa shape index (κ3) is 3.35. The standard InChI is InChI=1S/C18H16FN3O3/c1-22-14-7-3-6-13(19)16(14)21-15(22)8-9-20-17(23)11-4-2-5-12(10-11)18(24)25/h2-7,10H,8-9H2,1H3,(H,20,23)(H,24,25). The Morgan fingerprint density at radius 3 is 2.64 bits per heavy atom. The van der Waals surface area contributed by atoms with Crippen molar-refractivity contribution in [1.29, 1.82) is 0 Å². The molecule has 0 aliphatic rings. The van der Waals surface area contributed by atoms with Crippen LogP contribution in [0.3, 0.4) is 0 Å². The summed E-state index contributed by atoms with van der Waals surface area (Å²) in [7, 11) is 1.79. The number of nitrogens with one attached hydrogen (secondary N) is 1. The molecule has 3 aromatic rings. The van der Waals surface area contributed by atoms with Crippen molar-refractivity contribution in [3.63, 3.8) is 0 Å². The van der Waals surface area contributed by atoms with Gasteiger partial charge in [0.1, 0.15) is 11.3 Å². The van der Waals surface area contributed by atoms with E-state index in [1.54, 1.807) is 29.8 Å². The van der Waals surface area contributed by atoms with Crippen LogP contribution in [0.1, 0.15) is 26.5 Å². The number of amides is 1. The van der Waals surface area contributed by atoms with E-state index in [0.717, 1.165) is 0 Å². The monoisotopic (exact) mass is 341 g/mol. The first kappa shape index (κ1) is 16.6. The summed E-state index contributed by atoms with van der Waals surface area (Å²) in [5.74, 6) is -1.18. The van der Waals surface area contributed by atoms with Crippen LogP contribution in [-0.4, -0.2) is 33.1 Å². The summed E-state index contributed by atoms with van der Waals surface area (Å²) in [6.45, 7) is 0.301. The summed E-state index contributed by atoms with van der Waals surface area (Å²) in [4.78, 5) is 27.4. The molecule has 0 saturated carbocycles. The van der Waals surface area contributed by atoms with Gasteiger partial charge in [0.25, 0.3) is 5.91 Å². The van der Waals surface area contributed by atoms with Crippen molar-refractivity contribution in [3.05, 3.63) is 65.2 Å². The molecular weight excluding hydrogens is 325 g/mol. The van der Waals surface area contributed by atoms with E-state index in [9.17, 15) is 14.0 Å². The highest BCUT2D eigenvalue weighted by atomic mass is 19.1. The fourth-order valence-electron chi connectivity index (χ4n) is 2.64. The fraction of sp³-hybridized carbons (Fsp3) is 0.167. The number of benzene rings is 2. The molecule has 0 fully saturated rings. The first-order valence-electron chi connectivity index (χ1n) is 7.68. The van der Waals surface area contributed by atoms with Crippen LogP contribution in [0.15, 0.2) is 42.5 Å². The van der Waals surface area contributed by atoms with Gasteiger partial charge in [-0.05, 0) is 30.3 Å². The van der Waals surface area contributed by atoms with Crippen LogP contribution < -0.4 is 5.32 Å². The Morgan fingerprint density at radius 1 is 1.20 bits per heavy atom. The highest BCUT2D eigenvalue weighted by molar-refractivity contribution is 5.97. The molecule has 0 atom stereocenters. The summed E-state index contributed by atoms with van der Waals surface area (Å²) >= 11 is 0. The van der Waals surface area contributed by atoms with Crippen molar-refractivity contribution in [3.8, 4) is 0 Å². The number of nitrogens with zero attached hydrogens (tertiary/aromatic N) is 2. The van der Waals surface area contributed by atoms with Gasteiger partial charge in [0.2, 0.25) is 0 Å². The third-order valence-corrected chi connectivity index (χ3v) is 3.96. The third-order valence-electron chi connectivity index (χ3n) is 3.96. The van der Waals surface area contributed by atoms with E-state index in [1.807, 2.05) is 0 Å². The van der Waals surface area contributed by atoms with Crippen molar-refractivity contribution < 1.29 is 19.1 Å². The molecule has 0 bridgehead atoms. The number of hydrogen-bond acceptors (Lipinski definition) is 3. The first-order chi connectivity index (χ1) is 12.0. The van der Waals surface area contributed by atoms with Crippen molar-refractivity contribution >= 4 is 22.9 Å². The van der Waals surface area contributed by atoms with Crippen LogP contribution in [0.4, 0.5) is 4.39 Å². The highest BCUT2D eigenvalue weighted by Crippen LogP contribution is 2.18. The smallest absolute Gasteiger partial charge is 0.335 e. The van der Waals surface area contributed by atoms with Gasteiger partial charge >= 0.3 is 5.97 Å². The van der Waals surface area contributed by atoms with Crippen molar-refractivity contribution in [1.82, 2.24) is 14.9 Å². The van der Waals surface area contributed by atoms with Gasteiger partial charge in [0.05, 0.1) is 11.1 Å². The van der Waals surface area contributed by atoms with Crippen molar-refractivity contribution in [2.75, 3.05) is 6.54 Å². The quantitative estimate of drug-likeness (QED) is 0.746. The van der Waals surface area contributed by atoms with Gasteiger partial charge in [-0.2, -0.15) is 0 Å². The molecular formula is C18H16FN3O3. The molecule has 128 valence electrons. The largest absolute Gasteiger partial charge is 0.478 e. The lowest BCUT2D eigenvalue weighted by Crippen LogP contribution is -2.26. The zero-order valence-electron chi connectivity index (χ0n) is 13.5. The Bertz CT molecular complexity index is 965. The Hall–Kier alpha value is -3.22. The van der Waals surface area contributed by atoms with Crippen LogP contribution >= 0.6 is 0 Å². The van der Waals surface area contributed by atoms with Crippen LogP contribution in [0, 0.1) is 5.82 Å². The number of carbonyl (C=O) groups is 2. The molecule has 0 radical (unpaired) electrons. The number of carboxylic acid groups (broad SMARTS) is 1. The number of fused-ring (bicyclic) bond motifs is 1. The first-order valence-corrected chi connectivity index (χ1v) is 7.68. The van der Waals surface area contributed by atoms with Gasteiger partial charge in [-0.1, -0.05) is 12.1 Å². The number of para-hydroxylation sites is 1. The maximum atomic E-state index is 13.8. The van der Waals surface area contributed by atoms with E-state index < -0.39 is 5.97 Å². The molecule has 7 heteroatoms. The van der Waals surface area contributed by atoms with Gasteiger partial charge in [0, 0.05) is 25.6 Å². The van der Waals surface area contributed by atoms with E-state index in [4.69, 9.17) is 5.11 Å². The molecule has 1 heterocycles. The Balaban J connectivity index is 1.68. The van der Waals surface area contributed by atoms with E-state index in [2.05, 4.69) is 10.3 Å². The average molecular weight is 341 g/mol. The second-order valence-electron chi connectivity index (χ2n) is 5.59. The summed E-state index contributed by atoms with van der Waals surface area (Å²) in [6, 6.07) is 10.6. The van der Waals surface area contributed by atoms with Crippen LogP contribution in [0.25, 0.3) is 11.0 Å². The summed E-state index contributed by atoms with van der Waals surface area (Å²) in [5, 5.41) is 11.7. The number of rotatable bonds is 5. The maximum absolute atomic E-state index is 13.8. The minimum absolute atomic E-state index is 0.0541. The number of aromatic nitrogens is 2. The SMILES string of the molecule is Cn1c(CCNC(=O)c2cccc(C(=O)O)c2)nc2c(F)cccc21. The lowest BCUT2D eigenvalue weighted by atomic mass is 10.1. The number of aromatic carboxylic acids is 1. The molecule has 1 aromatic heterocycles. The number of imidazole rings is 1. The molecule has 25 heavy (non-hydrogen) atoms. The van der Waals surface area contributed by atoms with Gasteiger partial charge in [-0.25, -0.2) is 14.2 Å². The Morgan fingerprint density at radius 2 is 1.92 bits per heavy atom. The number of carboxylic acids is 1. The van der Waals surface area contributed by atoms with Crippen LogP contribution in [0.5, 0.6) is 0 Å². The second kappa shape index (κ2) is 6.72. The zero-order valence-corrected chi connectivity index (χ0v) is 13.5. The average Bonchev–Trinajstić information content (AvgIpc) is 2.93. The molecule has 0 saturated heterocycles. The van der Waals surface area contributed by atoms with Crippen molar-refractivity contribution in [2.24, 2.45) is 7.05 Å². The molecule has 0 spiro atoms. The molecule has 6 nitrogen and oxygen atoms in total. The fourth-order valence-corrected chi connectivity index (χ4v) is 2.64. The number of halogens is 1. The lowest BCUT2D eigenvalue weighted by Gasteiger charge is -2.06. The maximum Gasteiger partial charge on any atom is 0.335 e. The van der Waals surface area contributed by atoms with E-state index in [1.165, 1.54) is 24.3 Å². The molecule has 0 aliphatic carbocycles. The Kier molecular flexibility index (Phi) is 4.47. The highest BCUT2D eigenvalue weighted by Gasteiger charge is 2.12. The van der Waals surface area contributed by atoms with E-state index in [0.29, 0.717) is 29.8 Å². The molecule has 2 aromatic carbocycles. The predicted molar refractivity (Wildman–Crippen MR) is 90.1 cm³/mol. The minimum Gasteiger partial charge on any atom is -0.478 e. The molecule has 2 N–H and O–H groups in total. The summed E-state index contributed by atoms with van der Waals surface area (Å²) in [5.41, 5.74) is 1.32. The normalized spacial score (nSPS) is 10.8. The predicted octanol–water partition coefficient (Wildman–Crippen LogP) is 2.38. The molecule has 0 aliphatic heterocycles. The number of hydrogen-bond donors (Lipinski definition) is 2. The molecule has 3 rings (SSSR count). The molecule has 0 unspecified atom stereocenters. The molecule has 1 amide bonds.